The summed E-state index contributed by atoms with van der Waals surface area (Å²) < 4.78 is 10.3. The molecule has 1 aromatic carbocycles. The standard InChI is InChI=1S/C13H13BrO3S/c1-9(2)12(15)16-8-11(14)17-13(18)10-6-4-3-5-7-10/h3-7,11H,1,8H2,2H3. The van der Waals surface area contributed by atoms with Gasteiger partial charge in [-0.05, 0) is 35.1 Å². The van der Waals surface area contributed by atoms with Gasteiger partial charge in [-0.2, -0.15) is 0 Å². The first-order valence-corrected chi connectivity index (χ1v) is 6.56. The quantitative estimate of drug-likeness (QED) is 0.360. The number of rotatable bonds is 5. The number of hydrogen-bond donors (Lipinski definition) is 0. The highest BCUT2D eigenvalue weighted by atomic mass is 79.9. The van der Waals surface area contributed by atoms with Crippen molar-refractivity contribution in [3.8, 4) is 0 Å². The van der Waals surface area contributed by atoms with Gasteiger partial charge in [-0.15, -0.1) is 0 Å². The van der Waals surface area contributed by atoms with E-state index < -0.39 is 11.0 Å². The number of ether oxygens (including phenoxy) is 2. The number of halogens is 1. The van der Waals surface area contributed by atoms with E-state index in [9.17, 15) is 4.79 Å². The molecule has 0 heterocycles. The van der Waals surface area contributed by atoms with E-state index in [4.69, 9.17) is 21.7 Å². The van der Waals surface area contributed by atoms with E-state index in [0.717, 1.165) is 5.56 Å². The first-order valence-electron chi connectivity index (χ1n) is 5.23. The molecule has 1 unspecified atom stereocenters. The minimum Gasteiger partial charge on any atom is -0.465 e. The summed E-state index contributed by atoms with van der Waals surface area (Å²) in [4.78, 5) is 11.2. The molecule has 0 aliphatic carbocycles. The smallest absolute Gasteiger partial charge is 0.333 e. The Labute approximate surface area is 120 Å². The third kappa shape index (κ3) is 4.98. The number of carbonyl (C=O) groups excluding carboxylic acids is 1. The van der Waals surface area contributed by atoms with Gasteiger partial charge in [-0.25, -0.2) is 4.79 Å². The van der Waals surface area contributed by atoms with Gasteiger partial charge in [0.1, 0.15) is 6.61 Å². The third-order valence-corrected chi connectivity index (χ3v) is 2.72. The summed E-state index contributed by atoms with van der Waals surface area (Å²) in [5.41, 5.74) is 1.16. The molecule has 0 aliphatic heterocycles. The second-order valence-corrected chi connectivity index (χ2v) is 4.95. The zero-order valence-corrected chi connectivity index (χ0v) is 12.3. The Bertz CT molecular complexity index is 445. The average molecular weight is 329 g/mol. The molecule has 96 valence electrons. The fourth-order valence-corrected chi connectivity index (χ4v) is 1.75. The Morgan fingerprint density at radius 2 is 2.06 bits per heavy atom. The molecule has 0 spiro atoms. The van der Waals surface area contributed by atoms with Crippen molar-refractivity contribution in [2.75, 3.05) is 6.61 Å². The van der Waals surface area contributed by atoms with Gasteiger partial charge < -0.3 is 9.47 Å². The van der Waals surface area contributed by atoms with E-state index in [1.807, 2.05) is 30.3 Å². The van der Waals surface area contributed by atoms with Gasteiger partial charge in [0.15, 0.2) is 10.1 Å². The summed E-state index contributed by atoms with van der Waals surface area (Å²) in [6.07, 6.45) is 0. The number of hydrogen-bond acceptors (Lipinski definition) is 4. The van der Waals surface area contributed by atoms with Crippen LogP contribution in [0.4, 0.5) is 0 Å². The fraction of sp³-hybridized carbons (Fsp3) is 0.231. The summed E-state index contributed by atoms with van der Waals surface area (Å²) in [6, 6.07) is 9.33. The van der Waals surface area contributed by atoms with Crippen molar-refractivity contribution in [3.05, 3.63) is 48.0 Å². The predicted octanol–water partition coefficient (Wildman–Crippen LogP) is 3.22. The molecular formula is C13H13BrO3S. The van der Waals surface area contributed by atoms with Gasteiger partial charge in [-0.1, -0.05) is 36.9 Å². The number of esters is 1. The lowest BCUT2D eigenvalue weighted by Crippen LogP contribution is -2.19. The molecule has 5 heteroatoms. The van der Waals surface area contributed by atoms with Crippen molar-refractivity contribution >= 4 is 39.2 Å². The van der Waals surface area contributed by atoms with Crippen LogP contribution < -0.4 is 0 Å². The van der Waals surface area contributed by atoms with Crippen LogP contribution in [-0.2, 0) is 14.3 Å². The average Bonchev–Trinajstić information content (AvgIpc) is 2.36. The highest BCUT2D eigenvalue weighted by Crippen LogP contribution is 2.10. The van der Waals surface area contributed by atoms with Crippen molar-refractivity contribution in [1.82, 2.24) is 0 Å². The van der Waals surface area contributed by atoms with Crippen LogP contribution in [0.3, 0.4) is 0 Å². The van der Waals surface area contributed by atoms with Crippen LogP contribution >= 0.6 is 28.1 Å². The predicted molar refractivity (Wildman–Crippen MR) is 77.7 cm³/mol. The third-order valence-electron chi connectivity index (χ3n) is 1.94. The van der Waals surface area contributed by atoms with Gasteiger partial charge in [0, 0.05) is 11.1 Å². The zero-order chi connectivity index (χ0) is 13.5. The van der Waals surface area contributed by atoms with E-state index in [1.54, 1.807) is 6.92 Å². The van der Waals surface area contributed by atoms with Crippen molar-refractivity contribution in [3.63, 3.8) is 0 Å². The number of carbonyl (C=O) groups is 1. The van der Waals surface area contributed by atoms with Crippen LogP contribution in [-0.4, -0.2) is 22.6 Å². The lowest BCUT2D eigenvalue weighted by Gasteiger charge is -2.14. The van der Waals surface area contributed by atoms with Crippen LogP contribution in [0.15, 0.2) is 42.5 Å². The number of alkyl halides is 1. The van der Waals surface area contributed by atoms with Gasteiger partial charge in [0.05, 0.1) is 0 Å². The second-order valence-electron chi connectivity index (χ2n) is 3.56. The molecule has 3 nitrogen and oxygen atoms in total. The minimum atomic E-state index is -0.478. The molecule has 0 aromatic heterocycles. The Morgan fingerprint density at radius 3 is 2.61 bits per heavy atom. The fourth-order valence-electron chi connectivity index (χ4n) is 1.06. The summed E-state index contributed by atoms with van der Waals surface area (Å²) in [5.74, 6) is -0.450. The van der Waals surface area contributed by atoms with Crippen LogP contribution in [0.25, 0.3) is 0 Å². The molecule has 1 aromatic rings. The monoisotopic (exact) mass is 328 g/mol. The first kappa shape index (κ1) is 14.9. The van der Waals surface area contributed by atoms with E-state index >= 15 is 0 Å². The molecule has 0 saturated carbocycles. The molecule has 1 rings (SSSR count). The Kier molecular flexibility index (Phi) is 6.01. The summed E-state index contributed by atoms with van der Waals surface area (Å²) >= 11 is 8.35. The lowest BCUT2D eigenvalue weighted by atomic mass is 10.2. The van der Waals surface area contributed by atoms with Crippen LogP contribution in [0.5, 0.6) is 0 Å². The molecular weight excluding hydrogens is 316 g/mol. The molecule has 0 aliphatic rings. The van der Waals surface area contributed by atoms with Crippen molar-refractivity contribution in [2.24, 2.45) is 0 Å². The first-order chi connectivity index (χ1) is 8.50. The highest BCUT2D eigenvalue weighted by Gasteiger charge is 2.12. The molecule has 0 N–H and O–H groups in total. The van der Waals surface area contributed by atoms with E-state index in [2.05, 4.69) is 22.5 Å². The van der Waals surface area contributed by atoms with Crippen LogP contribution in [0, 0.1) is 0 Å². The van der Waals surface area contributed by atoms with Gasteiger partial charge in [-0.3, -0.25) is 0 Å². The molecule has 0 saturated heterocycles. The highest BCUT2D eigenvalue weighted by molar-refractivity contribution is 9.09. The number of benzene rings is 1. The maximum absolute atomic E-state index is 11.2. The maximum Gasteiger partial charge on any atom is 0.333 e. The van der Waals surface area contributed by atoms with Crippen molar-refractivity contribution < 1.29 is 14.3 Å². The molecule has 0 radical (unpaired) electrons. The van der Waals surface area contributed by atoms with Gasteiger partial charge in [0.25, 0.3) is 0 Å². The molecule has 0 bridgehead atoms. The van der Waals surface area contributed by atoms with E-state index in [0.29, 0.717) is 10.6 Å². The van der Waals surface area contributed by atoms with Gasteiger partial charge in [0.2, 0.25) is 0 Å². The summed E-state index contributed by atoms with van der Waals surface area (Å²) in [7, 11) is 0. The SMILES string of the molecule is C=C(C)C(=O)OCC(Br)OC(=S)c1ccccc1. The Hall–Kier alpha value is -1.20. The van der Waals surface area contributed by atoms with E-state index in [1.165, 1.54) is 0 Å². The summed E-state index contributed by atoms with van der Waals surface area (Å²) in [5, 5.41) is -0.127. The molecule has 1 atom stereocenters. The Morgan fingerprint density at radius 1 is 1.44 bits per heavy atom. The van der Waals surface area contributed by atoms with Crippen LogP contribution in [0.2, 0.25) is 0 Å². The molecule has 0 fully saturated rings. The molecule has 18 heavy (non-hydrogen) atoms. The van der Waals surface area contributed by atoms with Crippen LogP contribution in [0.1, 0.15) is 12.5 Å². The second kappa shape index (κ2) is 7.28. The molecule has 0 amide bonds. The van der Waals surface area contributed by atoms with Crippen molar-refractivity contribution in [1.29, 1.82) is 0 Å². The zero-order valence-electron chi connectivity index (χ0n) is 9.89. The van der Waals surface area contributed by atoms with Crippen molar-refractivity contribution in [2.45, 2.75) is 11.9 Å². The number of thiocarbonyl (C=S) groups is 1. The maximum atomic E-state index is 11.2. The Balaban J connectivity index is 2.41. The van der Waals surface area contributed by atoms with E-state index in [-0.39, 0.29) is 6.61 Å². The largest absolute Gasteiger partial charge is 0.465 e. The normalized spacial score (nSPS) is 11.4. The minimum absolute atomic E-state index is 0.0681. The summed E-state index contributed by atoms with van der Waals surface area (Å²) in [6.45, 7) is 5.14. The van der Waals surface area contributed by atoms with Gasteiger partial charge >= 0.3 is 5.97 Å². The lowest BCUT2D eigenvalue weighted by molar-refractivity contribution is -0.140. The topological polar surface area (TPSA) is 35.5 Å².